The number of nitrogens with one attached hydrogen (secondary N) is 1. The van der Waals surface area contributed by atoms with Gasteiger partial charge in [0.2, 0.25) is 0 Å². The van der Waals surface area contributed by atoms with Crippen LogP contribution in [0.25, 0.3) is 0 Å². The average Bonchev–Trinajstić information content (AvgIpc) is 2.60. The average molecular weight is 284 g/mol. The van der Waals surface area contributed by atoms with E-state index in [0.29, 0.717) is 24.5 Å². The molecule has 0 aliphatic heterocycles. The summed E-state index contributed by atoms with van der Waals surface area (Å²) in [6.45, 7) is 8.20. The molecule has 1 aromatic rings. The lowest BCUT2D eigenvalue weighted by atomic mass is 10.2. The van der Waals surface area contributed by atoms with Gasteiger partial charge in [0.1, 0.15) is 11.3 Å². The summed E-state index contributed by atoms with van der Waals surface area (Å²) in [7, 11) is 1.80. The SMILES string of the molecule is Cc1[nH]n(C(=O)OC(C)(C)C)c(=O)c1N(C)CCCN. The number of carbonyl (C=O) groups is 1. The maximum Gasteiger partial charge on any atom is 0.436 e. The number of aromatic amines is 1. The third-order valence-corrected chi connectivity index (χ3v) is 2.70. The molecule has 0 amide bonds. The monoisotopic (exact) mass is 284 g/mol. The number of nitrogens with zero attached hydrogens (tertiary/aromatic N) is 2. The van der Waals surface area contributed by atoms with Gasteiger partial charge >= 0.3 is 6.09 Å². The fourth-order valence-corrected chi connectivity index (χ4v) is 1.86. The first kappa shape index (κ1) is 16.3. The van der Waals surface area contributed by atoms with Crippen LogP contribution in [0.5, 0.6) is 0 Å². The third kappa shape index (κ3) is 3.86. The molecule has 0 fully saturated rings. The molecule has 1 aromatic heterocycles. The highest BCUT2D eigenvalue weighted by molar-refractivity contribution is 5.71. The number of hydrogen-bond donors (Lipinski definition) is 2. The van der Waals surface area contributed by atoms with E-state index >= 15 is 0 Å². The van der Waals surface area contributed by atoms with Crippen LogP contribution in [-0.4, -0.2) is 41.6 Å². The Labute approximate surface area is 118 Å². The van der Waals surface area contributed by atoms with Crippen molar-refractivity contribution in [1.82, 2.24) is 9.78 Å². The summed E-state index contributed by atoms with van der Waals surface area (Å²) in [6, 6.07) is 0. The highest BCUT2D eigenvalue weighted by atomic mass is 16.6. The topological polar surface area (TPSA) is 93.3 Å². The molecule has 0 spiro atoms. The van der Waals surface area contributed by atoms with E-state index in [1.807, 2.05) is 0 Å². The number of hydrogen-bond acceptors (Lipinski definition) is 5. The van der Waals surface area contributed by atoms with Gasteiger partial charge in [0.15, 0.2) is 0 Å². The zero-order valence-corrected chi connectivity index (χ0v) is 12.8. The molecule has 7 nitrogen and oxygen atoms in total. The first-order valence-electron chi connectivity index (χ1n) is 6.63. The molecule has 0 unspecified atom stereocenters. The van der Waals surface area contributed by atoms with Gasteiger partial charge in [-0.3, -0.25) is 9.89 Å². The van der Waals surface area contributed by atoms with Crippen molar-refractivity contribution in [2.24, 2.45) is 5.73 Å². The summed E-state index contributed by atoms with van der Waals surface area (Å²) in [5.41, 5.74) is 5.49. The number of carbonyl (C=O) groups excluding carboxylic acids is 1. The fourth-order valence-electron chi connectivity index (χ4n) is 1.86. The Morgan fingerprint density at radius 2 is 2.05 bits per heavy atom. The molecule has 0 aromatic carbocycles. The predicted octanol–water partition coefficient (Wildman–Crippen LogP) is 1.05. The van der Waals surface area contributed by atoms with Gasteiger partial charge in [-0.25, -0.2) is 4.79 Å². The molecule has 1 rings (SSSR count). The van der Waals surface area contributed by atoms with E-state index in [4.69, 9.17) is 10.5 Å². The van der Waals surface area contributed by atoms with E-state index in [-0.39, 0.29) is 0 Å². The van der Waals surface area contributed by atoms with Crippen LogP contribution in [0.2, 0.25) is 0 Å². The number of aromatic nitrogens is 2. The van der Waals surface area contributed by atoms with Gasteiger partial charge in [0.05, 0.1) is 5.69 Å². The molecule has 7 heteroatoms. The number of anilines is 1. The van der Waals surface area contributed by atoms with Crippen LogP contribution in [0.3, 0.4) is 0 Å². The summed E-state index contributed by atoms with van der Waals surface area (Å²) < 4.78 is 6.09. The van der Waals surface area contributed by atoms with Crippen LogP contribution in [-0.2, 0) is 4.74 Å². The molecule has 0 saturated heterocycles. The standard InChI is InChI=1S/C13H24N4O3/c1-9-10(16(5)8-6-7-14)11(18)17(15-9)12(19)20-13(2,3)4/h15H,6-8,14H2,1-5H3. The Hall–Kier alpha value is -1.76. The largest absolute Gasteiger partial charge is 0.442 e. The maximum absolute atomic E-state index is 12.3. The van der Waals surface area contributed by atoms with Gasteiger partial charge in [-0.2, -0.15) is 0 Å². The number of H-pyrrole nitrogens is 1. The zero-order valence-electron chi connectivity index (χ0n) is 12.8. The zero-order chi connectivity index (χ0) is 15.5. The molecule has 1 heterocycles. The number of nitrogens with two attached hydrogens (primary N) is 1. The summed E-state index contributed by atoms with van der Waals surface area (Å²) >= 11 is 0. The van der Waals surface area contributed by atoms with E-state index in [9.17, 15) is 9.59 Å². The van der Waals surface area contributed by atoms with Crippen LogP contribution >= 0.6 is 0 Å². The van der Waals surface area contributed by atoms with Crippen LogP contribution in [0.1, 0.15) is 32.9 Å². The quantitative estimate of drug-likeness (QED) is 0.862. The van der Waals surface area contributed by atoms with Crippen molar-refractivity contribution in [2.75, 3.05) is 25.0 Å². The second-order valence-corrected chi connectivity index (χ2v) is 5.77. The van der Waals surface area contributed by atoms with Crippen LogP contribution < -0.4 is 16.2 Å². The van der Waals surface area contributed by atoms with Crippen molar-refractivity contribution < 1.29 is 9.53 Å². The maximum atomic E-state index is 12.3. The predicted molar refractivity (Wildman–Crippen MR) is 78.4 cm³/mol. The fraction of sp³-hybridized carbons (Fsp3) is 0.692. The lowest BCUT2D eigenvalue weighted by molar-refractivity contribution is 0.0508. The molecule has 3 N–H and O–H groups in total. The van der Waals surface area contributed by atoms with Gasteiger partial charge in [-0.05, 0) is 40.7 Å². The molecule has 0 bridgehead atoms. The molecular weight excluding hydrogens is 260 g/mol. The number of aryl methyl sites for hydroxylation is 1. The van der Waals surface area contributed by atoms with Crippen molar-refractivity contribution in [2.45, 2.75) is 39.7 Å². The van der Waals surface area contributed by atoms with Crippen LogP contribution in [0.15, 0.2) is 4.79 Å². The normalized spacial score (nSPS) is 11.5. The minimum atomic E-state index is -0.705. The molecule has 0 atom stereocenters. The summed E-state index contributed by atoms with van der Waals surface area (Å²) in [4.78, 5) is 26.0. The molecule has 0 saturated carbocycles. The van der Waals surface area contributed by atoms with E-state index < -0.39 is 17.3 Å². The minimum absolute atomic E-state index is 0.406. The number of ether oxygens (including phenoxy) is 1. The van der Waals surface area contributed by atoms with Gasteiger partial charge in [0, 0.05) is 13.6 Å². The van der Waals surface area contributed by atoms with Crippen LogP contribution in [0.4, 0.5) is 10.5 Å². The van der Waals surface area contributed by atoms with E-state index in [1.54, 1.807) is 39.6 Å². The van der Waals surface area contributed by atoms with Crippen molar-refractivity contribution in [3.63, 3.8) is 0 Å². The highest BCUT2D eigenvalue weighted by Crippen LogP contribution is 2.13. The lowest BCUT2D eigenvalue weighted by Crippen LogP contribution is -2.34. The summed E-state index contributed by atoms with van der Waals surface area (Å²) in [5.74, 6) is 0. The Bertz CT molecular complexity index is 525. The summed E-state index contributed by atoms with van der Waals surface area (Å²) in [6.07, 6.45) is 0.0663. The molecular formula is C13H24N4O3. The smallest absolute Gasteiger partial charge is 0.436 e. The Kier molecular flexibility index (Phi) is 4.99. The van der Waals surface area contributed by atoms with E-state index in [0.717, 1.165) is 11.1 Å². The van der Waals surface area contributed by atoms with Gasteiger partial charge in [-0.1, -0.05) is 0 Å². The Morgan fingerprint density at radius 3 is 2.55 bits per heavy atom. The van der Waals surface area contributed by atoms with E-state index in [2.05, 4.69) is 5.10 Å². The van der Waals surface area contributed by atoms with Gasteiger partial charge in [-0.15, -0.1) is 4.68 Å². The van der Waals surface area contributed by atoms with Crippen molar-refractivity contribution >= 4 is 11.8 Å². The second kappa shape index (κ2) is 6.13. The minimum Gasteiger partial charge on any atom is -0.442 e. The first-order chi connectivity index (χ1) is 9.17. The second-order valence-electron chi connectivity index (χ2n) is 5.77. The molecule has 0 aliphatic rings. The third-order valence-electron chi connectivity index (χ3n) is 2.70. The highest BCUT2D eigenvalue weighted by Gasteiger charge is 2.23. The van der Waals surface area contributed by atoms with Crippen LogP contribution in [0, 0.1) is 6.92 Å². The van der Waals surface area contributed by atoms with Crippen molar-refractivity contribution in [1.29, 1.82) is 0 Å². The van der Waals surface area contributed by atoms with Gasteiger partial charge < -0.3 is 15.4 Å². The Morgan fingerprint density at radius 1 is 1.45 bits per heavy atom. The van der Waals surface area contributed by atoms with E-state index in [1.165, 1.54) is 0 Å². The van der Waals surface area contributed by atoms with Crippen molar-refractivity contribution in [3.05, 3.63) is 16.0 Å². The molecule has 20 heavy (non-hydrogen) atoms. The molecule has 114 valence electrons. The Balaban J connectivity index is 3.03. The lowest BCUT2D eigenvalue weighted by Gasteiger charge is -2.19. The van der Waals surface area contributed by atoms with Gasteiger partial charge in [0.25, 0.3) is 5.56 Å². The molecule has 0 aliphatic carbocycles. The first-order valence-corrected chi connectivity index (χ1v) is 6.63. The number of rotatable bonds is 4. The van der Waals surface area contributed by atoms with Crippen molar-refractivity contribution in [3.8, 4) is 0 Å². The summed E-state index contributed by atoms with van der Waals surface area (Å²) in [5, 5.41) is 2.75. The molecule has 0 radical (unpaired) electrons.